The molecule has 33 heavy (non-hydrogen) atoms. The topological polar surface area (TPSA) is 58.6 Å². The van der Waals surface area contributed by atoms with E-state index in [1.165, 1.54) is 12.1 Å². The lowest BCUT2D eigenvalue weighted by Crippen LogP contribution is -2.43. The van der Waals surface area contributed by atoms with Crippen LogP contribution in [-0.2, 0) is 22.6 Å². The van der Waals surface area contributed by atoms with Crippen LogP contribution in [0.25, 0.3) is 0 Å². The predicted octanol–water partition coefficient (Wildman–Crippen LogP) is 4.67. The van der Waals surface area contributed by atoms with Crippen LogP contribution in [0.1, 0.15) is 36.1 Å². The van der Waals surface area contributed by atoms with E-state index in [9.17, 15) is 14.0 Å². The SMILES string of the molecule is CCC(=O)N(Cc1ccc(F)cc1)[C@H](C(=O)NCCc1ccc(OC)cc1)c1ccccc1. The van der Waals surface area contributed by atoms with Crippen molar-refractivity contribution >= 4 is 11.8 Å². The van der Waals surface area contributed by atoms with E-state index in [1.54, 1.807) is 31.1 Å². The minimum Gasteiger partial charge on any atom is -0.497 e. The maximum Gasteiger partial charge on any atom is 0.247 e. The summed E-state index contributed by atoms with van der Waals surface area (Å²) in [7, 11) is 1.62. The van der Waals surface area contributed by atoms with E-state index in [2.05, 4.69) is 5.32 Å². The van der Waals surface area contributed by atoms with E-state index in [1.807, 2.05) is 54.6 Å². The molecule has 6 heteroatoms. The van der Waals surface area contributed by atoms with Gasteiger partial charge in [-0.25, -0.2) is 4.39 Å². The van der Waals surface area contributed by atoms with Crippen LogP contribution in [0.3, 0.4) is 0 Å². The second-order valence-electron chi connectivity index (χ2n) is 7.70. The zero-order valence-corrected chi connectivity index (χ0v) is 19.0. The van der Waals surface area contributed by atoms with Gasteiger partial charge in [-0.15, -0.1) is 0 Å². The number of hydrogen-bond acceptors (Lipinski definition) is 3. The molecule has 0 saturated heterocycles. The summed E-state index contributed by atoms with van der Waals surface area (Å²) in [6.45, 7) is 2.40. The Morgan fingerprint density at radius 3 is 2.18 bits per heavy atom. The summed E-state index contributed by atoms with van der Waals surface area (Å²) in [5.41, 5.74) is 2.55. The largest absolute Gasteiger partial charge is 0.497 e. The average molecular weight is 449 g/mol. The maximum atomic E-state index is 13.4. The highest BCUT2D eigenvalue weighted by atomic mass is 19.1. The molecule has 3 aromatic carbocycles. The van der Waals surface area contributed by atoms with E-state index in [-0.39, 0.29) is 30.6 Å². The number of nitrogens with one attached hydrogen (secondary N) is 1. The highest BCUT2D eigenvalue weighted by Gasteiger charge is 2.30. The van der Waals surface area contributed by atoms with Gasteiger partial charge >= 0.3 is 0 Å². The summed E-state index contributed by atoms with van der Waals surface area (Å²) >= 11 is 0. The highest BCUT2D eigenvalue weighted by Crippen LogP contribution is 2.25. The Morgan fingerprint density at radius 1 is 0.939 bits per heavy atom. The quantitative estimate of drug-likeness (QED) is 0.490. The third kappa shape index (κ3) is 6.65. The second-order valence-corrected chi connectivity index (χ2v) is 7.70. The molecular weight excluding hydrogens is 419 g/mol. The van der Waals surface area contributed by atoms with Crippen LogP contribution in [0, 0.1) is 5.82 Å². The molecule has 0 heterocycles. The Bertz CT molecular complexity index is 1040. The van der Waals surface area contributed by atoms with Gasteiger partial charge in [-0.3, -0.25) is 9.59 Å². The van der Waals surface area contributed by atoms with Crippen molar-refractivity contribution in [3.05, 3.63) is 101 Å². The average Bonchev–Trinajstić information content (AvgIpc) is 2.85. The van der Waals surface area contributed by atoms with Crippen molar-refractivity contribution in [1.29, 1.82) is 0 Å². The van der Waals surface area contributed by atoms with E-state index in [0.717, 1.165) is 22.4 Å². The standard InChI is InChI=1S/C27H29FN2O3/c1-3-25(31)30(19-21-9-13-23(28)14-10-21)26(22-7-5-4-6-8-22)27(32)29-18-17-20-11-15-24(33-2)16-12-20/h4-16,26H,3,17-19H2,1-2H3,(H,29,32)/t26-/m0/s1. The lowest BCUT2D eigenvalue weighted by Gasteiger charge is -2.31. The molecule has 0 aliphatic carbocycles. The van der Waals surface area contributed by atoms with Gasteiger partial charge in [-0.2, -0.15) is 0 Å². The molecular formula is C27H29FN2O3. The van der Waals surface area contributed by atoms with E-state index < -0.39 is 6.04 Å². The van der Waals surface area contributed by atoms with Crippen LogP contribution in [0.2, 0.25) is 0 Å². The number of benzene rings is 3. The summed E-state index contributed by atoms with van der Waals surface area (Å²) in [4.78, 5) is 27.8. The van der Waals surface area contributed by atoms with Gasteiger partial charge in [0.15, 0.2) is 0 Å². The van der Waals surface area contributed by atoms with Crippen LogP contribution < -0.4 is 10.1 Å². The van der Waals surface area contributed by atoms with Gasteiger partial charge in [0.25, 0.3) is 0 Å². The Labute approximate surface area is 194 Å². The molecule has 3 rings (SSSR count). The van der Waals surface area contributed by atoms with E-state index >= 15 is 0 Å². The summed E-state index contributed by atoms with van der Waals surface area (Å²) in [5, 5.41) is 2.99. The molecule has 0 bridgehead atoms. The first-order valence-electron chi connectivity index (χ1n) is 11.0. The number of carbonyl (C=O) groups is 2. The highest BCUT2D eigenvalue weighted by molar-refractivity contribution is 5.88. The lowest BCUT2D eigenvalue weighted by molar-refractivity contribution is -0.141. The molecule has 0 aliphatic heterocycles. The predicted molar refractivity (Wildman–Crippen MR) is 126 cm³/mol. The van der Waals surface area contributed by atoms with Crippen LogP contribution in [0.15, 0.2) is 78.9 Å². The van der Waals surface area contributed by atoms with Crippen molar-refractivity contribution in [2.75, 3.05) is 13.7 Å². The van der Waals surface area contributed by atoms with Gasteiger partial charge in [-0.1, -0.05) is 61.5 Å². The molecule has 0 saturated carbocycles. The van der Waals surface area contributed by atoms with Crippen LogP contribution in [0.5, 0.6) is 5.75 Å². The number of amides is 2. The lowest BCUT2D eigenvalue weighted by atomic mass is 10.0. The fourth-order valence-corrected chi connectivity index (χ4v) is 3.64. The first-order chi connectivity index (χ1) is 16.0. The molecule has 0 radical (unpaired) electrons. The molecule has 0 aromatic heterocycles. The van der Waals surface area contributed by atoms with Crippen LogP contribution in [-0.4, -0.2) is 30.4 Å². The number of methoxy groups -OCH3 is 1. The minimum atomic E-state index is -0.792. The van der Waals surface area contributed by atoms with Gasteiger partial charge in [0.2, 0.25) is 11.8 Å². The zero-order chi connectivity index (χ0) is 23.6. The molecule has 0 spiro atoms. The summed E-state index contributed by atoms with van der Waals surface area (Å²) in [5.74, 6) is 0.0292. The van der Waals surface area contributed by atoms with E-state index in [4.69, 9.17) is 4.74 Å². The number of nitrogens with zero attached hydrogens (tertiary/aromatic N) is 1. The fourth-order valence-electron chi connectivity index (χ4n) is 3.64. The van der Waals surface area contributed by atoms with Crippen LogP contribution >= 0.6 is 0 Å². The fraction of sp³-hybridized carbons (Fsp3) is 0.259. The van der Waals surface area contributed by atoms with Gasteiger partial charge in [0, 0.05) is 19.5 Å². The van der Waals surface area contributed by atoms with Crippen molar-refractivity contribution in [2.45, 2.75) is 32.4 Å². The molecule has 5 nitrogen and oxygen atoms in total. The number of carbonyl (C=O) groups excluding carboxylic acids is 2. The molecule has 1 atom stereocenters. The zero-order valence-electron chi connectivity index (χ0n) is 19.0. The first-order valence-corrected chi connectivity index (χ1v) is 11.0. The molecule has 1 N–H and O–H groups in total. The molecule has 2 amide bonds. The molecule has 3 aromatic rings. The summed E-state index contributed by atoms with van der Waals surface area (Å²) in [6.07, 6.45) is 0.903. The number of hydrogen-bond donors (Lipinski definition) is 1. The molecule has 0 unspecified atom stereocenters. The maximum absolute atomic E-state index is 13.4. The van der Waals surface area contributed by atoms with Crippen molar-refractivity contribution in [3.63, 3.8) is 0 Å². The van der Waals surface area contributed by atoms with Gasteiger partial charge in [0.05, 0.1) is 7.11 Å². The molecule has 172 valence electrons. The second kappa shape index (κ2) is 11.8. The summed E-state index contributed by atoms with van der Waals surface area (Å²) in [6, 6.07) is 22.1. The smallest absolute Gasteiger partial charge is 0.247 e. The Hall–Kier alpha value is -3.67. The van der Waals surface area contributed by atoms with E-state index in [0.29, 0.717) is 13.0 Å². The number of rotatable bonds is 10. The first kappa shape index (κ1) is 24.0. The monoisotopic (exact) mass is 448 g/mol. The van der Waals surface area contributed by atoms with Crippen molar-refractivity contribution in [3.8, 4) is 5.75 Å². The number of ether oxygens (including phenoxy) is 1. The van der Waals surface area contributed by atoms with Gasteiger partial charge in [0.1, 0.15) is 17.6 Å². The molecule has 0 aliphatic rings. The van der Waals surface area contributed by atoms with Crippen molar-refractivity contribution in [1.82, 2.24) is 10.2 Å². The third-order valence-corrected chi connectivity index (χ3v) is 5.44. The Balaban J connectivity index is 1.79. The summed E-state index contributed by atoms with van der Waals surface area (Å²) < 4.78 is 18.5. The normalized spacial score (nSPS) is 11.5. The van der Waals surface area contributed by atoms with Gasteiger partial charge in [-0.05, 0) is 47.4 Å². The molecule has 0 fully saturated rings. The Morgan fingerprint density at radius 2 is 1.58 bits per heavy atom. The van der Waals surface area contributed by atoms with Crippen molar-refractivity contribution < 1.29 is 18.7 Å². The number of halogens is 1. The van der Waals surface area contributed by atoms with Crippen molar-refractivity contribution in [2.24, 2.45) is 0 Å². The Kier molecular flexibility index (Phi) is 8.58. The van der Waals surface area contributed by atoms with Crippen LogP contribution in [0.4, 0.5) is 4.39 Å². The minimum absolute atomic E-state index is 0.154. The third-order valence-electron chi connectivity index (χ3n) is 5.44. The van der Waals surface area contributed by atoms with Gasteiger partial charge < -0.3 is 15.0 Å².